The number of hydrogen-bond donors (Lipinski definition) is 2. The molecule has 3 unspecified atom stereocenters. The summed E-state index contributed by atoms with van der Waals surface area (Å²) in [5, 5.41) is 14.0. The average molecular weight is 893 g/mol. The maximum absolute atomic E-state index is 12.9. The summed E-state index contributed by atoms with van der Waals surface area (Å²) in [5.74, 6) is -0.169. The quantitative estimate of drug-likeness (QED) is 0.0273. The largest absolute Gasteiger partial charge is 0.756 e. The van der Waals surface area contributed by atoms with Gasteiger partial charge >= 0.3 is 0 Å². The lowest BCUT2D eigenvalue weighted by atomic mass is 10.0. The number of carbonyl (C=O) groups excluding carboxylic acids is 1. The zero-order valence-electron chi connectivity index (χ0n) is 41.3. The number of aliphatic hydroxyl groups is 1. The van der Waals surface area contributed by atoms with Crippen molar-refractivity contribution in [2.75, 3.05) is 40.9 Å². The van der Waals surface area contributed by atoms with Crippen molar-refractivity contribution in [1.29, 1.82) is 0 Å². The van der Waals surface area contributed by atoms with E-state index in [1.807, 2.05) is 21.1 Å². The Balaban J connectivity index is 4.24. The topological polar surface area (TPSA) is 108 Å². The van der Waals surface area contributed by atoms with Crippen LogP contribution >= 0.6 is 7.82 Å². The molecule has 8 nitrogen and oxygen atoms in total. The molecule has 0 aromatic heterocycles. The molecule has 0 radical (unpaired) electrons. The molecule has 0 saturated heterocycles. The molecule has 0 bridgehead atoms. The highest BCUT2D eigenvalue weighted by atomic mass is 31.2. The standard InChI is InChI=1S/C53H101N2O6P/c1-6-8-10-12-14-16-18-20-22-24-25-26-27-28-29-31-33-35-37-39-41-43-45-47-53(57)54-51(50-61-62(58,59)60-49-48-55(3,4)5)52(56)46-44-42-40-38-36-34-32-30-23-21-19-17-15-13-11-9-7-2/h8,10,14,16,20,22,25-26,51-52,56H,6-7,9,11-13,15,17-19,21,23-24,27-50H2,1-5H3,(H-,54,57,58,59)/b10-8-,16-14-,22-20-,26-25-. The van der Waals surface area contributed by atoms with Crippen LogP contribution in [0.1, 0.15) is 232 Å². The average Bonchev–Trinajstić information content (AvgIpc) is 3.23. The van der Waals surface area contributed by atoms with Gasteiger partial charge < -0.3 is 28.8 Å². The Morgan fingerprint density at radius 2 is 0.984 bits per heavy atom. The van der Waals surface area contributed by atoms with Gasteiger partial charge in [-0.15, -0.1) is 0 Å². The molecule has 0 aromatic carbocycles. The third-order valence-electron chi connectivity index (χ3n) is 11.6. The number of rotatable bonds is 47. The van der Waals surface area contributed by atoms with E-state index in [0.29, 0.717) is 23.9 Å². The smallest absolute Gasteiger partial charge is 0.268 e. The number of hydrogen-bond acceptors (Lipinski definition) is 6. The minimum atomic E-state index is -4.57. The molecule has 0 aromatic rings. The second-order valence-corrected chi connectivity index (χ2v) is 20.3. The fourth-order valence-electron chi connectivity index (χ4n) is 7.50. The highest BCUT2D eigenvalue weighted by Gasteiger charge is 2.24. The van der Waals surface area contributed by atoms with E-state index < -0.39 is 20.0 Å². The molecule has 1 amide bonds. The summed E-state index contributed by atoms with van der Waals surface area (Å²) in [4.78, 5) is 25.5. The van der Waals surface area contributed by atoms with Crippen LogP contribution in [0, 0.1) is 0 Å². The first-order chi connectivity index (χ1) is 30.0. The van der Waals surface area contributed by atoms with E-state index in [2.05, 4.69) is 67.8 Å². The lowest BCUT2D eigenvalue weighted by Crippen LogP contribution is -2.46. The van der Waals surface area contributed by atoms with E-state index in [1.165, 1.54) is 141 Å². The fraction of sp³-hybridized carbons (Fsp3) is 0.830. The number of likely N-dealkylation sites (N-methyl/N-ethyl adjacent to an activating group) is 1. The van der Waals surface area contributed by atoms with Gasteiger partial charge in [0.25, 0.3) is 7.82 Å². The molecule has 9 heteroatoms. The van der Waals surface area contributed by atoms with Gasteiger partial charge in [0.1, 0.15) is 13.2 Å². The molecule has 0 aliphatic carbocycles. The molecule has 0 rings (SSSR count). The van der Waals surface area contributed by atoms with Crippen molar-refractivity contribution < 1.29 is 32.9 Å². The summed E-state index contributed by atoms with van der Waals surface area (Å²) in [6.07, 6.45) is 56.9. The van der Waals surface area contributed by atoms with Crippen molar-refractivity contribution >= 4 is 13.7 Å². The van der Waals surface area contributed by atoms with Crippen LogP contribution < -0.4 is 10.2 Å². The second-order valence-electron chi connectivity index (χ2n) is 18.9. The summed E-state index contributed by atoms with van der Waals surface area (Å²) >= 11 is 0. The van der Waals surface area contributed by atoms with Gasteiger partial charge in [-0.3, -0.25) is 9.36 Å². The Hall–Kier alpha value is -1.54. The molecular weight excluding hydrogens is 792 g/mol. The lowest BCUT2D eigenvalue weighted by molar-refractivity contribution is -0.870. The number of unbranched alkanes of at least 4 members (excludes halogenated alkanes) is 26. The lowest BCUT2D eigenvalue weighted by Gasteiger charge is -2.30. The number of nitrogens with zero attached hydrogens (tertiary/aromatic N) is 1. The van der Waals surface area contributed by atoms with Crippen molar-refractivity contribution in [2.24, 2.45) is 0 Å². The van der Waals surface area contributed by atoms with Crippen LogP contribution in [0.2, 0.25) is 0 Å². The maximum atomic E-state index is 12.9. The highest BCUT2D eigenvalue weighted by Crippen LogP contribution is 2.38. The van der Waals surface area contributed by atoms with Crippen molar-refractivity contribution in [2.45, 2.75) is 244 Å². The van der Waals surface area contributed by atoms with Gasteiger partial charge in [0.2, 0.25) is 5.91 Å². The summed E-state index contributed by atoms with van der Waals surface area (Å²) < 4.78 is 23.4. The van der Waals surface area contributed by atoms with Crippen LogP contribution in [0.3, 0.4) is 0 Å². The number of carbonyl (C=O) groups is 1. The van der Waals surface area contributed by atoms with E-state index in [0.717, 1.165) is 64.2 Å². The van der Waals surface area contributed by atoms with Crippen LogP contribution in [-0.4, -0.2) is 68.5 Å². The zero-order chi connectivity index (χ0) is 45.7. The van der Waals surface area contributed by atoms with E-state index in [9.17, 15) is 19.4 Å². The molecule has 0 aliphatic heterocycles. The number of allylic oxidation sites excluding steroid dienone is 8. The first kappa shape index (κ1) is 60.5. The van der Waals surface area contributed by atoms with Gasteiger partial charge in [0.15, 0.2) is 0 Å². The second kappa shape index (κ2) is 44.7. The number of quaternary nitrogens is 1. The third kappa shape index (κ3) is 46.5. The molecule has 0 fully saturated rings. The monoisotopic (exact) mass is 893 g/mol. The Morgan fingerprint density at radius 3 is 1.44 bits per heavy atom. The number of nitrogens with one attached hydrogen (secondary N) is 1. The normalized spacial score (nSPS) is 14.5. The molecule has 62 heavy (non-hydrogen) atoms. The van der Waals surface area contributed by atoms with E-state index in [-0.39, 0.29) is 19.1 Å². The molecule has 3 atom stereocenters. The predicted octanol–water partition coefficient (Wildman–Crippen LogP) is 14.6. The Morgan fingerprint density at radius 1 is 0.581 bits per heavy atom. The Kier molecular flexibility index (Phi) is 43.5. The van der Waals surface area contributed by atoms with Gasteiger partial charge in [-0.05, 0) is 51.4 Å². The van der Waals surface area contributed by atoms with Crippen molar-refractivity contribution in [3.63, 3.8) is 0 Å². The van der Waals surface area contributed by atoms with Gasteiger partial charge in [0, 0.05) is 6.42 Å². The summed E-state index contributed by atoms with van der Waals surface area (Å²) in [5.41, 5.74) is 0. The van der Waals surface area contributed by atoms with E-state index in [4.69, 9.17) is 9.05 Å². The molecule has 0 aliphatic rings. The van der Waals surface area contributed by atoms with Gasteiger partial charge in [-0.1, -0.05) is 223 Å². The van der Waals surface area contributed by atoms with Crippen molar-refractivity contribution in [3.8, 4) is 0 Å². The minimum absolute atomic E-state index is 0.0103. The zero-order valence-corrected chi connectivity index (χ0v) is 42.2. The van der Waals surface area contributed by atoms with Crippen LogP contribution in [0.25, 0.3) is 0 Å². The van der Waals surface area contributed by atoms with Gasteiger partial charge in [-0.25, -0.2) is 0 Å². The Labute approximate surface area is 384 Å². The molecule has 364 valence electrons. The molecule has 0 saturated carbocycles. The maximum Gasteiger partial charge on any atom is 0.268 e. The Bertz CT molecular complexity index is 1150. The number of phosphoric ester groups is 1. The predicted molar refractivity (Wildman–Crippen MR) is 265 cm³/mol. The van der Waals surface area contributed by atoms with E-state index >= 15 is 0 Å². The van der Waals surface area contributed by atoms with E-state index in [1.54, 1.807) is 0 Å². The first-order valence-electron chi connectivity index (χ1n) is 26.0. The van der Waals surface area contributed by atoms with Crippen LogP contribution in [0.15, 0.2) is 48.6 Å². The van der Waals surface area contributed by atoms with Gasteiger partial charge in [0.05, 0.1) is 39.9 Å². The highest BCUT2D eigenvalue weighted by molar-refractivity contribution is 7.45. The van der Waals surface area contributed by atoms with Crippen LogP contribution in [-0.2, 0) is 18.4 Å². The molecule has 0 heterocycles. The molecular formula is C53H101N2O6P. The summed E-state index contributed by atoms with van der Waals surface area (Å²) in [6.45, 7) is 4.62. The van der Waals surface area contributed by atoms with Crippen molar-refractivity contribution in [1.82, 2.24) is 5.32 Å². The number of amides is 1. The molecule has 2 N–H and O–H groups in total. The summed E-state index contributed by atoms with van der Waals surface area (Å²) in [7, 11) is 1.30. The third-order valence-corrected chi connectivity index (χ3v) is 12.5. The number of phosphoric acid groups is 1. The first-order valence-corrected chi connectivity index (χ1v) is 27.4. The van der Waals surface area contributed by atoms with Gasteiger partial charge in [-0.2, -0.15) is 0 Å². The molecule has 0 spiro atoms. The van der Waals surface area contributed by atoms with Crippen LogP contribution in [0.4, 0.5) is 0 Å². The fourth-order valence-corrected chi connectivity index (χ4v) is 8.23. The summed E-state index contributed by atoms with van der Waals surface area (Å²) in [6, 6.07) is -0.804. The minimum Gasteiger partial charge on any atom is -0.756 e. The van der Waals surface area contributed by atoms with Crippen LogP contribution in [0.5, 0.6) is 0 Å². The SMILES string of the molecule is CC/C=C\C/C=C\C/C=C\C/C=C\CCCCCCCCCCCCC(=O)NC(COP(=O)([O-])OCC[N+](C)(C)C)C(O)CCCCCCCCCCCCCCCCCCC. The number of aliphatic hydroxyl groups excluding tert-OH is 1. The van der Waals surface area contributed by atoms with Crippen molar-refractivity contribution in [3.05, 3.63) is 48.6 Å².